The number of halogens is 2. The molecule has 2 rings (SSSR count). The van der Waals surface area contributed by atoms with Gasteiger partial charge in [-0.3, -0.25) is 4.79 Å². The largest absolute Gasteiger partial charge is 0.495 e. The molecule has 0 saturated heterocycles. The van der Waals surface area contributed by atoms with Crippen molar-refractivity contribution < 1.29 is 13.9 Å². The van der Waals surface area contributed by atoms with Crippen LogP contribution in [0.15, 0.2) is 42.5 Å². The van der Waals surface area contributed by atoms with Crippen LogP contribution in [0.2, 0.25) is 5.02 Å². The molecule has 1 amide bonds. The fourth-order valence-electron chi connectivity index (χ4n) is 1.88. The van der Waals surface area contributed by atoms with Crippen LogP contribution < -0.4 is 10.1 Å². The van der Waals surface area contributed by atoms with Crippen molar-refractivity contribution in [3.63, 3.8) is 0 Å². The van der Waals surface area contributed by atoms with Gasteiger partial charge in [0.2, 0.25) is 5.91 Å². The molecule has 0 bridgehead atoms. The zero-order valence-electron chi connectivity index (χ0n) is 12.2. The van der Waals surface area contributed by atoms with Crippen LogP contribution in [0.1, 0.15) is 11.1 Å². The molecule has 0 radical (unpaired) electrons. The topological polar surface area (TPSA) is 38.3 Å². The number of rotatable bonds is 4. The number of aryl methyl sites for hydroxylation is 1. The molecule has 0 unspecified atom stereocenters. The van der Waals surface area contributed by atoms with E-state index in [1.54, 1.807) is 12.1 Å². The van der Waals surface area contributed by atoms with Gasteiger partial charge < -0.3 is 10.1 Å². The quantitative estimate of drug-likeness (QED) is 0.846. The molecule has 0 saturated carbocycles. The van der Waals surface area contributed by atoms with Crippen LogP contribution in [0.25, 0.3) is 6.08 Å². The Morgan fingerprint density at radius 1 is 1.27 bits per heavy atom. The molecule has 0 atom stereocenters. The van der Waals surface area contributed by atoms with Gasteiger partial charge in [0.1, 0.15) is 11.6 Å². The maximum Gasteiger partial charge on any atom is 0.248 e. The lowest BCUT2D eigenvalue weighted by Gasteiger charge is -2.09. The van der Waals surface area contributed by atoms with Gasteiger partial charge in [-0.15, -0.1) is 0 Å². The zero-order valence-corrected chi connectivity index (χ0v) is 12.9. The number of amides is 1. The van der Waals surface area contributed by atoms with Crippen molar-refractivity contribution in [2.24, 2.45) is 0 Å². The number of hydrogen-bond acceptors (Lipinski definition) is 2. The highest BCUT2D eigenvalue weighted by Crippen LogP contribution is 2.25. The molecule has 114 valence electrons. The van der Waals surface area contributed by atoms with E-state index in [9.17, 15) is 9.18 Å². The van der Waals surface area contributed by atoms with Gasteiger partial charge in [-0.25, -0.2) is 4.39 Å². The fourth-order valence-corrected chi connectivity index (χ4v) is 2.07. The summed E-state index contributed by atoms with van der Waals surface area (Å²) in [6.45, 7) is 1.92. The Hall–Kier alpha value is -2.33. The van der Waals surface area contributed by atoms with Gasteiger partial charge in [0, 0.05) is 6.08 Å². The van der Waals surface area contributed by atoms with Crippen molar-refractivity contribution in [2.75, 3.05) is 12.4 Å². The van der Waals surface area contributed by atoms with Crippen molar-refractivity contribution in [1.29, 1.82) is 0 Å². The Morgan fingerprint density at radius 3 is 2.73 bits per heavy atom. The molecule has 3 nitrogen and oxygen atoms in total. The molecule has 1 N–H and O–H groups in total. The predicted molar refractivity (Wildman–Crippen MR) is 86.8 cm³/mol. The predicted octanol–water partition coefficient (Wildman–Crippen LogP) is 4.45. The molecule has 0 aliphatic rings. The van der Waals surface area contributed by atoms with Gasteiger partial charge in [0.05, 0.1) is 17.8 Å². The van der Waals surface area contributed by atoms with Crippen LogP contribution in [-0.2, 0) is 4.79 Å². The van der Waals surface area contributed by atoms with Crippen LogP contribution in [-0.4, -0.2) is 13.0 Å². The zero-order chi connectivity index (χ0) is 16.1. The first-order valence-corrected chi connectivity index (χ1v) is 6.96. The summed E-state index contributed by atoms with van der Waals surface area (Å²) in [6, 6.07) is 9.74. The number of nitrogens with one attached hydrogen (secondary N) is 1. The minimum atomic E-state index is -0.493. The summed E-state index contributed by atoms with van der Waals surface area (Å²) in [4.78, 5) is 12.0. The number of hydrogen-bond donors (Lipinski definition) is 1. The van der Waals surface area contributed by atoms with E-state index in [4.69, 9.17) is 16.3 Å². The third kappa shape index (κ3) is 4.09. The molecule has 0 spiro atoms. The minimum absolute atomic E-state index is 0.0166. The Morgan fingerprint density at radius 2 is 2.05 bits per heavy atom. The molecule has 2 aromatic carbocycles. The van der Waals surface area contributed by atoms with E-state index >= 15 is 0 Å². The summed E-state index contributed by atoms with van der Waals surface area (Å²) < 4.78 is 18.3. The number of anilines is 1. The highest BCUT2D eigenvalue weighted by Gasteiger charge is 2.06. The lowest BCUT2D eigenvalue weighted by Crippen LogP contribution is -2.09. The average molecular weight is 320 g/mol. The van der Waals surface area contributed by atoms with Crippen molar-refractivity contribution >= 4 is 29.3 Å². The van der Waals surface area contributed by atoms with Crippen LogP contribution >= 0.6 is 11.6 Å². The molecule has 0 heterocycles. The van der Waals surface area contributed by atoms with Crippen molar-refractivity contribution in [3.8, 4) is 5.75 Å². The number of methoxy groups -OCH3 is 1. The lowest BCUT2D eigenvalue weighted by molar-refractivity contribution is -0.111. The maximum atomic E-state index is 13.1. The molecule has 0 fully saturated rings. The van der Waals surface area contributed by atoms with Crippen LogP contribution in [0, 0.1) is 12.7 Å². The van der Waals surface area contributed by atoms with Crippen LogP contribution in [0.4, 0.5) is 10.1 Å². The lowest BCUT2D eigenvalue weighted by atomic mass is 10.2. The average Bonchev–Trinajstić information content (AvgIpc) is 2.49. The minimum Gasteiger partial charge on any atom is -0.495 e. The van der Waals surface area contributed by atoms with Crippen molar-refractivity contribution in [3.05, 3.63) is 64.4 Å². The Bertz CT molecular complexity index is 729. The Balaban J connectivity index is 2.11. The third-order valence-corrected chi connectivity index (χ3v) is 3.27. The molecule has 0 aromatic heterocycles. The molecule has 0 aliphatic carbocycles. The first-order chi connectivity index (χ1) is 10.5. The van der Waals surface area contributed by atoms with Gasteiger partial charge >= 0.3 is 0 Å². The second-order valence-electron chi connectivity index (χ2n) is 4.70. The molecule has 0 aliphatic heterocycles. The maximum absolute atomic E-state index is 13.1. The smallest absolute Gasteiger partial charge is 0.248 e. The van der Waals surface area contributed by atoms with Crippen LogP contribution in [0.5, 0.6) is 5.75 Å². The van der Waals surface area contributed by atoms with Crippen molar-refractivity contribution in [1.82, 2.24) is 0 Å². The standard InChI is InChI=1S/C17H15ClFNO2/c1-11-3-7-16(22-2)15(9-11)20-17(21)8-5-12-4-6-14(19)13(18)10-12/h3-10H,1-2H3,(H,20,21)/b8-5+. The van der Waals surface area contributed by atoms with Crippen molar-refractivity contribution in [2.45, 2.75) is 6.92 Å². The number of benzene rings is 2. The summed E-state index contributed by atoms with van der Waals surface area (Å²) >= 11 is 5.69. The van der Waals surface area contributed by atoms with Crippen LogP contribution in [0.3, 0.4) is 0 Å². The number of carbonyl (C=O) groups excluding carboxylic acids is 1. The molecular formula is C17H15ClFNO2. The van der Waals surface area contributed by atoms with E-state index in [2.05, 4.69) is 5.32 Å². The molecular weight excluding hydrogens is 305 g/mol. The highest BCUT2D eigenvalue weighted by molar-refractivity contribution is 6.30. The summed E-state index contributed by atoms with van der Waals surface area (Å²) in [7, 11) is 1.54. The summed E-state index contributed by atoms with van der Waals surface area (Å²) in [5.41, 5.74) is 2.23. The summed E-state index contributed by atoms with van der Waals surface area (Å²) in [5.74, 6) is -0.228. The van der Waals surface area contributed by atoms with Gasteiger partial charge in [0.15, 0.2) is 0 Å². The third-order valence-electron chi connectivity index (χ3n) is 2.98. The fraction of sp³-hybridized carbons (Fsp3) is 0.118. The Kier molecular flexibility index (Phi) is 5.17. The number of ether oxygens (including phenoxy) is 1. The van der Waals surface area contributed by atoms with E-state index in [-0.39, 0.29) is 10.9 Å². The first-order valence-electron chi connectivity index (χ1n) is 6.58. The number of carbonyl (C=O) groups is 1. The molecule has 2 aromatic rings. The molecule has 22 heavy (non-hydrogen) atoms. The summed E-state index contributed by atoms with van der Waals surface area (Å²) in [6.07, 6.45) is 2.91. The van der Waals surface area contributed by atoms with E-state index in [1.165, 1.54) is 31.4 Å². The first kappa shape index (κ1) is 16.0. The van der Waals surface area contributed by atoms with Gasteiger partial charge in [0.25, 0.3) is 0 Å². The van der Waals surface area contributed by atoms with E-state index in [0.29, 0.717) is 17.0 Å². The SMILES string of the molecule is COc1ccc(C)cc1NC(=O)/C=C/c1ccc(F)c(Cl)c1. The second kappa shape index (κ2) is 7.09. The van der Waals surface area contributed by atoms with E-state index in [0.717, 1.165) is 5.56 Å². The molecule has 5 heteroatoms. The highest BCUT2D eigenvalue weighted by atomic mass is 35.5. The summed E-state index contributed by atoms with van der Waals surface area (Å²) in [5, 5.41) is 2.76. The van der Waals surface area contributed by atoms with E-state index < -0.39 is 5.82 Å². The monoisotopic (exact) mass is 319 g/mol. The second-order valence-corrected chi connectivity index (χ2v) is 5.11. The van der Waals surface area contributed by atoms with E-state index in [1.807, 2.05) is 19.1 Å². The van der Waals surface area contributed by atoms with Gasteiger partial charge in [-0.1, -0.05) is 23.7 Å². The Labute approximate surface area is 133 Å². The van der Waals surface area contributed by atoms with Gasteiger partial charge in [-0.05, 0) is 48.4 Å². The normalized spacial score (nSPS) is 10.7. The van der Waals surface area contributed by atoms with Gasteiger partial charge in [-0.2, -0.15) is 0 Å².